The highest BCUT2D eigenvalue weighted by atomic mass is 16.5. The fraction of sp³-hybridized carbons (Fsp3) is 0.500. The van der Waals surface area contributed by atoms with Crippen molar-refractivity contribution in [3.63, 3.8) is 0 Å². The molecule has 1 aliphatic rings. The zero-order valence-corrected chi connectivity index (χ0v) is 16.3. The Morgan fingerprint density at radius 3 is 2.50 bits per heavy atom. The van der Waals surface area contributed by atoms with E-state index in [1.165, 1.54) is 0 Å². The maximum absolute atomic E-state index is 12.8. The monoisotopic (exact) mass is 387 g/mol. The number of hydrogen-bond acceptors (Lipinski definition) is 6. The number of rotatable bonds is 5. The second-order valence-electron chi connectivity index (χ2n) is 8.10. The van der Waals surface area contributed by atoms with Gasteiger partial charge in [0.2, 0.25) is 0 Å². The first kappa shape index (κ1) is 20.0. The number of hydrogen-bond donors (Lipinski definition) is 2. The van der Waals surface area contributed by atoms with Crippen molar-refractivity contribution in [2.75, 3.05) is 19.8 Å². The van der Waals surface area contributed by atoms with Gasteiger partial charge in [-0.3, -0.25) is 9.59 Å². The van der Waals surface area contributed by atoms with Gasteiger partial charge in [0.25, 0.3) is 11.8 Å². The van der Waals surface area contributed by atoms with E-state index < -0.39 is 11.4 Å². The van der Waals surface area contributed by atoms with Crippen LogP contribution >= 0.6 is 0 Å². The molecule has 0 radical (unpaired) electrons. The van der Waals surface area contributed by atoms with Gasteiger partial charge < -0.3 is 19.7 Å². The third kappa shape index (κ3) is 4.06. The first-order chi connectivity index (χ1) is 13.2. The Labute approximate surface area is 163 Å². The van der Waals surface area contributed by atoms with Gasteiger partial charge in [0.05, 0.1) is 16.5 Å². The lowest BCUT2D eigenvalue weighted by molar-refractivity contribution is -0.154. The lowest BCUT2D eigenvalue weighted by Crippen LogP contribution is -2.46. The maximum atomic E-state index is 12.8. The van der Waals surface area contributed by atoms with Crippen LogP contribution in [0.15, 0.2) is 28.8 Å². The molecule has 2 heterocycles. The minimum Gasteiger partial charge on any atom is -0.481 e. The van der Waals surface area contributed by atoms with Gasteiger partial charge in [-0.2, -0.15) is 4.98 Å². The summed E-state index contributed by atoms with van der Waals surface area (Å²) in [7, 11) is 0. The zero-order valence-electron chi connectivity index (χ0n) is 16.3. The molecule has 0 unspecified atom stereocenters. The van der Waals surface area contributed by atoms with Gasteiger partial charge >= 0.3 is 5.97 Å². The SMILES string of the molecule is CC(C)(C)c1noc(-c2ccccc2C(=O)NCC2(C(=O)O)CCOCC2)n1. The largest absolute Gasteiger partial charge is 0.481 e. The number of carboxylic acids is 1. The van der Waals surface area contributed by atoms with Crippen LogP contribution in [0.2, 0.25) is 0 Å². The number of aromatic nitrogens is 2. The fourth-order valence-corrected chi connectivity index (χ4v) is 3.08. The molecule has 0 bridgehead atoms. The van der Waals surface area contributed by atoms with Crippen LogP contribution in [0.1, 0.15) is 49.8 Å². The fourth-order valence-electron chi connectivity index (χ4n) is 3.08. The van der Waals surface area contributed by atoms with Crippen LogP contribution in [0.3, 0.4) is 0 Å². The molecule has 1 saturated heterocycles. The minimum absolute atomic E-state index is 0.0376. The van der Waals surface area contributed by atoms with Gasteiger partial charge in [-0.15, -0.1) is 0 Å². The number of nitrogens with one attached hydrogen (secondary N) is 1. The van der Waals surface area contributed by atoms with Crippen molar-refractivity contribution in [3.05, 3.63) is 35.7 Å². The molecule has 8 heteroatoms. The number of carbonyl (C=O) groups excluding carboxylic acids is 1. The van der Waals surface area contributed by atoms with E-state index in [0.29, 0.717) is 43.0 Å². The molecule has 0 spiro atoms. The molecular formula is C20H25N3O5. The number of ether oxygens (including phenoxy) is 1. The third-order valence-corrected chi connectivity index (χ3v) is 4.99. The first-order valence-electron chi connectivity index (χ1n) is 9.26. The molecule has 0 saturated carbocycles. The molecule has 8 nitrogen and oxygen atoms in total. The van der Waals surface area contributed by atoms with Crippen molar-refractivity contribution in [2.24, 2.45) is 5.41 Å². The van der Waals surface area contributed by atoms with Crippen molar-refractivity contribution >= 4 is 11.9 Å². The van der Waals surface area contributed by atoms with E-state index in [9.17, 15) is 14.7 Å². The molecule has 2 N–H and O–H groups in total. The molecule has 1 aliphatic heterocycles. The normalized spacial score (nSPS) is 16.5. The summed E-state index contributed by atoms with van der Waals surface area (Å²) < 4.78 is 10.6. The Morgan fingerprint density at radius 2 is 1.89 bits per heavy atom. The standard InChI is InChI=1S/C20H25N3O5/c1-19(2,3)17-22-16(28-23-17)14-7-5-4-6-13(14)15(24)21-12-20(18(25)26)8-10-27-11-9-20/h4-7H,8-12H2,1-3H3,(H,21,24)(H,25,26). The summed E-state index contributed by atoms with van der Waals surface area (Å²) in [6, 6.07) is 6.91. The van der Waals surface area contributed by atoms with Gasteiger partial charge in [-0.05, 0) is 25.0 Å². The van der Waals surface area contributed by atoms with Crippen molar-refractivity contribution < 1.29 is 24.0 Å². The van der Waals surface area contributed by atoms with E-state index in [4.69, 9.17) is 9.26 Å². The summed E-state index contributed by atoms with van der Waals surface area (Å²) in [6.07, 6.45) is 0.728. The smallest absolute Gasteiger partial charge is 0.311 e. The number of amides is 1. The molecule has 1 fully saturated rings. The molecule has 0 aliphatic carbocycles. The predicted octanol–water partition coefficient (Wildman–Crippen LogP) is 2.65. The lowest BCUT2D eigenvalue weighted by Gasteiger charge is -2.33. The molecule has 150 valence electrons. The molecule has 1 aromatic carbocycles. The number of nitrogens with zero attached hydrogens (tertiary/aromatic N) is 2. The minimum atomic E-state index is -1.01. The highest BCUT2D eigenvalue weighted by molar-refractivity contribution is 6.00. The molecule has 1 amide bonds. The Morgan fingerprint density at radius 1 is 1.21 bits per heavy atom. The van der Waals surface area contributed by atoms with E-state index in [1.807, 2.05) is 20.8 Å². The van der Waals surface area contributed by atoms with Crippen LogP contribution in [0.5, 0.6) is 0 Å². The number of benzene rings is 1. The van der Waals surface area contributed by atoms with Crippen molar-refractivity contribution in [3.8, 4) is 11.5 Å². The average Bonchev–Trinajstić information content (AvgIpc) is 3.17. The van der Waals surface area contributed by atoms with E-state index in [0.717, 1.165) is 0 Å². The van der Waals surface area contributed by atoms with Crippen LogP contribution in [0.4, 0.5) is 0 Å². The van der Waals surface area contributed by atoms with Gasteiger partial charge in [0.15, 0.2) is 5.82 Å². The lowest BCUT2D eigenvalue weighted by atomic mass is 9.80. The molecule has 0 atom stereocenters. The third-order valence-electron chi connectivity index (χ3n) is 4.99. The van der Waals surface area contributed by atoms with Gasteiger partial charge in [-0.25, -0.2) is 0 Å². The van der Waals surface area contributed by atoms with Gasteiger partial charge in [0.1, 0.15) is 0 Å². The zero-order chi connectivity index (χ0) is 20.4. The summed E-state index contributed by atoms with van der Waals surface area (Å²) in [5, 5.41) is 16.4. The number of aliphatic carboxylic acids is 1. The highest BCUT2D eigenvalue weighted by Gasteiger charge is 2.40. The number of carbonyl (C=O) groups is 2. The van der Waals surface area contributed by atoms with Crippen LogP contribution < -0.4 is 5.32 Å². The topological polar surface area (TPSA) is 115 Å². The van der Waals surface area contributed by atoms with Crippen LogP contribution in [0, 0.1) is 5.41 Å². The Hall–Kier alpha value is -2.74. The summed E-state index contributed by atoms with van der Waals surface area (Å²) in [6.45, 7) is 6.70. The van der Waals surface area contributed by atoms with Crippen molar-refractivity contribution in [2.45, 2.75) is 39.0 Å². The quantitative estimate of drug-likeness (QED) is 0.810. The second kappa shape index (κ2) is 7.71. The Kier molecular flexibility index (Phi) is 5.51. The van der Waals surface area contributed by atoms with Gasteiger partial charge in [0, 0.05) is 25.2 Å². The molecule has 2 aromatic rings. The second-order valence-corrected chi connectivity index (χ2v) is 8.10. The molecular weight excluding hydrogens is 362 g/mol. The summed E-state index contributed by atoms with van der Waals surface area (Å²) in [4.78, 5) is 29.0. The maximum Gasteiger partial charge on any atom is 0.311 e. The van der Waals surface area contributed by atoms with Crippen LogP contribution in [-0.2, 0) is 14.9 Å². The highest BCUT2D eigenvalue weighted by Crippen LogP contribution is 2.31. The van der Waals surface area contributed by atoms with E-state index in [-0.39, 0.29) is 23.8 Å². The average molecular weight is 387 g/mol. The van der Waals surface area contributed by atoms with Crippen molar-refractivity contribution in [1.82, 2.24) is 15.5 Å². The van der Waals surface area contributed by atoms with E-state index >= 15 is 0 Å². The summed E-state index contributed by atoms with van der Waals surface area (Å²) >= 11 is 0. The first-order valence-corrected chi connectivity index (χ1v) is 9.26. The Balaban J connectivity index is 1.81. The number of carboxylic acid groups (broad SMARTS) is 1. The summed E-state index contributed by atoms with van der Waals surface area (Å²) in [5.41, 5.74) is -0.415. The van der Waals surface area contributed by atoms with Crippen LogP contribution in [0.25, 0.3) is 11.5 Å². The predicted molar refractivity (Wildman–Crippen MR) is 101 cm³/mol. The van der Waals surface area contributed by atoms with Gasteiger partial charge in [-0.1, -0.05) is 38.1 Å². The van der Waals surface area contributed by atoms with E-state index in [1.54, 1.807) is 24.3 Å². The molecule has 1 aromatic heterocycles. The molecule has 3 rings (SSSR count). The van der Waals surface area contributed by atoms with Crippen LogP contribution in [-0.4, -0.2) is 46.9 Å². The Bertz CT molecular complexity index is 863. The van der Waals surface area contributed by atoms with Crippen molar-refractivity contribution in [1.29, 1.82) is 0 Å². The van der Waals surface area contributed by atoms with E-state index in [2.05, 4.69) is 15.5 Å². The summed E-state index contributed by atoms with van der Waals surface area (Å²) in [5.74, 6) is -0.492. The molecule has 28 heavy (non-hydrogen) atoms.